The molecule has 0 saturated carbocycles. The number of carboxylic acid groups (broad SMARTS) is 1. The summed E-state index contributed by atoms with van der Waals surface area (Å²) < 4.78 is 9.93. The van der Waals surface area contributed by atoms with Crippen LogP contribution in [0.25, 0.3) is 0 Å². The molecule has 1 aliphatic heterocycles. The smallest absolute Gasteiger partial charge is 0.350 e. The van der Waals surface area contributed by atoms with Gasteiger partial charge in [0.2, 0.25) is 0 Å². The van der Waals surface area contributed by atoms with Gasteiger partial charge in [-0.25, -0.2) is 9.59 Å². The van der Waals surface area contributed by atoms with E-state index in [-0.39, 0.29) is 12.5 Å². The second-order valence-electron chi connectivity index (χ2n) is 3.85. The van der Waals surface area contributed by atoms with Crippen molar-refractivity contribution < 1.29 is 24.2 Å². The maximum absolute atomic E-state index is 11.9. The van der Waals surface area contributed by atoms with Crippen LogP contribution in [0, 0.1) is 5.92 Å². The molecule has 0 aromatic heterocycles. The maximum atomic E-state index is 11.9. The van der Waals surface area contributed by atoms with Crippen molar-refractivity contribution in [3.8, 4) is 0 Å². The average molecular weight is 262 g/mol. The van der Waals surface area contributed by atoms with Gasteiger partial charge in [-0.2, -0.15) is 11.8 Å². The highest BCUT2D eigenvalue weighted by Gasteiger charge is 2.54. The van der Waals surface area contributed by atoms with Crippen LogP contribution in [0.15, 0.2) is 0 Å². The Kier molecular flexibility index (Phi) is 5.27. The van der Waals surface area contributed by atoms with Crippen LogP contribution in [0.3, 0.4) is 0 Å². The molecule has 0 bridgehead atoms. The van der Waals surface area contributed by atoms with Crippen LogP contribution in [0.1, 0.15) is 19.8 Å². The Morgan fingerprint density at radius 3 is 2.41 bits per heavy atom. The van der Waals surface area contributed by atoms with Crippen LogP contribution in [0.2, 0.25) is 0 Å². The van der Waals surface area contributed by atoms with Gasteiger partial charge in [0.25, 0.3) is 5.60 Å². The van der Waals surface area contributed by atoms with Gasteiger partial charge >= 0.3 is 11.9 Å². The predicted molar refractivity (Wildman–Crippen MR) is 64.1 cm³/mol. The fraction of sp³-hybridized carbons (Fsp3) is 0.818. The van der Waals surface area contributed by atoms with Gasteiger partial charge in [-0.15, -0.1) is 0 Å². The zero-order chi connectivity index (χ0) is 12.9. The summed E-state index contributed by atoms with van der Waals surface area (Å²) in [5.74, 6) is -0.655. The lowest BCUT2D eigenvalue weighted by Gasteiger charge is -2.35. The van der Waals surface area contributed by atoms with Crippen molar-refractivity contribution in [2.24, 2.45) is 5.92 Å². The molecule has 0 spiro atoms. The monoisotopic (exact) mass is 262 g/mol. The minimum Gasteiger partial charge on any atom is -0.479 e. The van der Waals surface area contributed by atoms with Crippen LogP contribution < -0.4 is 0 Å². The van der Waals surface area contributed by atoms with Gasteiger partial charge in [-0.05, 0) is 31.3 Å². The topological polar surface area (TPSA) is 72.8 Å². The fourth-order valence-electron chi connectivity index (χ4n) is 2.11. The SMILES string of the molecule is CCOC(=O)C(OC)(C(=O)O)C1CCSCC1. The van der Waals surface area contributed by atoms with Crippen LogP contribution in [-0.2, 0) is 19.1 Å². The molecule has 1 fully saturated rings. The molecular formula is C11H18O5S. The van der Waals surface area contributed by atoms with Crippen molar-refractivity contribution in [3.05, 3.63) is 0 Å². The molecule has 6 heteroatoms. The van der Waals surface area contributed by atoms with E-state index in [9.17, 15) is 14.7 Å². The Morgan fingerprint density at radius 2 is 2.00 bits per heavy atom. The molecule has 1 N–H and O–H groups in total. The molecule has 1 saturated heterocycles. The lowest BCUT2D eigenvalue weighted by Crippen LogP contribution is -2.56. The molecule has 1 heterocycles. The molecule has 1 unspecified atom stereocenters. The predicted octanol–water partition coefficient (Wildman–Crippen LogP) is 1.16. The van der Waals surface area contributed by atoms with Crippen molar-refractivity contribution in [2.75, 3.05) is 25.2 Å². The standard InChI is InChI=1S/C11H18O5S/c1-3-16-10(14)11(15-2,9(12)13)8-4-6-17-7-5-8/h8H,3-7H2,1-2H3,(H,12,13). The number of carbonyl (C=O) groups is 2. The summed E-state index contributed by atoms with van der Waals surface area (Å²) in [6, 6.07) is 0. The number of hydrogen-bond acceptors (Lipinski definition) is 5. The third-order valence-corrected chi connectivity index (χ3v) is 4.06. The van der Waals surface area contributed by atoms with Gasteiger partial charge in [0, 0.05) is 13.0 Å². The Hall–Kier alpha value is -0.750. The summed E-state index contributed by atoms with van der Waals surface area (Å²) in [5.41, 5.74) is -1.84. The number of thioether (sulfide) groups is 1. The minimum absolute atomic E-state index is 0.151. The van der Waals surface area contributed by atoms with Gasteiger partial charge < -0.3 is 14.6 Å². The number of ether oxygens (including phenoxy) is 2. The zero-order valence-electron chi connectivity index (χ0n) is 10.1. The summed E-state index contributed by atoms with van der Waals surface area (Å²) in [5, 5.41) is 9.34. The third-order valence-electron chi connectivity index (χ3n) is 3.01. The molecular weight excluding hydrogens is 244 g/mol. The molecule has 17 heavy (non-hydrogen) atoms. The second-order valence-corrected chi connectivity index (χ2v) is 5.08. The normalized spacial score (nSPS) is 20.6. The number of hydrogen-bond donors (Lipinski definition) is 1. The summed E-state index contributed by atoms with van der Waals surface area (Å²) in [6.07, 6.45) is 1.31. The van der Waals surface area contributed by atoms with E-state index >= 15 is 0 Å². The Balaban J connectivity index is 2.98. The molecule has 98 valence electrons. The molecule has 0 aromatic rings. The number of esters is 1. The Morgan fingerprint density at radius 1 is 1.41 bits per heavy atom. The van der Waals surface area contributed by atoms with Crippen LogP contribution in [0.4, 0.5) is 0 Å². The fourth-order valence-corrected chi connectivity index (χ4v) is 3.21. The highest BCUT2D eigenvalue weighted by Crippen LogP contribution is 2.35. The van der Waals surface area contributed by atoms with Gasteiger partial charge in [-0.3, -0.25) is 0 Å². The molecule has 5 nitrogen and oxygen atoms in total. The molecule has 0 aliphatic carbocycles. The summed E-state index contributed by atoms with van der Waals surface area (Å²) in [4.78, 5) is 23.3. The van der Waals surface area contributed by atoms with Crippen LogP contribution >= 0.6 is 11.8 Å². The van der Waals surface area contributed by atoms with Crippen molar-refractivity contribution in [2.45, 2.75) is 25.4 Å². The number of carbonyl (C=O) groups excluding carboxylic acids is 1. The van der Waals surface area contributed by atoms with Crippen molar-refractivity contribution in [3.63, 3.8) is 0 Å². The summed E-state index contributed by atoms with van der Waals surface area (Å²) in [6.45, 7) is 1.80. The van der Waals surface area contributed by atoms with Crippen LogP contribution in [0.5, 0.6) is 0 Å². The van der Waals surface area contributed by atoms with E-state index in [1.807, 2.05) is 0 Å². The first kappa shape index (κ1) is 14.3. The number of methoxy groups -OCH3 is 1. The molecule has 0 amide bonds. The van der Waals surface area contributed by atoms with Crippen LogP contribution in [-0.4, -0.2) is 47.9 Å². The summed E-state index contributed by atoms with van der Waals surface area (Å²) in [7, 11) is 1.26. The van der Waals surface area contributed by atoms with Gasteiger partial charge in [0.1, 0.15) is 0 Å². The van der Waals surface area contributed by atoms with Gasteiger partial charge in [0.05, 0.1) is 6.61 Å². The molecule has 1 aliphatic rings. The Labute approximate surface area is 105 Å². The number of rotatable bonds is 5. The lowest BCUT2D eigenvalue weighted by atomic mass is 9.82. The van der Waals surface area contributed by atoms with E-state index in [1.165, 1.54) is 7.11 Å². The number of carboxylic acids is 1. The van der Waals surface area contributed by atoms with Crippen molar-refractivity contribution in [1.29, 1.82) is 0 Å². The van der Waals surface area contributed by atoms with Crippen molar-refractivity contribution >= 4 is 23.7 Å². The summed E-state index contributed by atoms with van der Waals surface area (Å²) >= 11 is 1.76. The highest BCUT2D eigenvalue weighted by molar-refractivity contribution is 7.99. The second kappa shape index (κ2) is 6.26. The Bertz CT molecular complexity index is 288. The largest absolute Gasteiger partial charge is 0.479 e. The first-order valence-corrected chi connectivity index (χ1v) is 6.78. The molecule has 1 rings (SSSR count). The van der Waals surface area contributed by atoms with Gasteiger partial charge in [-0.1, -0.05) is 0 Å². The van der Waals surface area contributed by atoms with E-state index in [1.54, 1.807) is 18.7 Å². The molecule has 0 radical (unpaired) electrons. The maximum Gasteiger partial charge on any atom is 0.350 e. The molecule has 0 aromatic carbocycles. The van der Waals surface area contributed by atoms with E-state index in [4.69, 9.17) is 9.47 Å². The first-order chi connectivity index (χ1) is 8.09. The zero-order valence-corrected chi connectivity index (χ0v) is 10.9. The average Bonchev–Trinajstić information content (AvgIpc) is 2.32. The third kappa shape index (κ3) is 2.74. The van der Waals surface area contributed by atoms with E-state index in [2.05, 4.69) is 0 Å². The highest BCUT2D eigenvalue weighted by atomic mass is 32.2. The van der Waals surface area contributed by atoms with E-state index in [0.717, 1.165) is 11.5 Å². The van der Waals surface area contributed by atoms with E-state index in [0.29, 0.717) is 12.8 Å². The number of aliphatic carboxylic acids is 1. The van der Waals surface area contributed by atoms with Gasteiger partial charge in [0.15, 0.2) is 0 Å². The first-order valence-electron chi connectivity index (χ1n) is 5.63. The lowest BCUT2D eigenvalue weighted by molar-refractivity contribution is -0.191. The quantitative estimate of drug-likeness (QED) is 0.592. The molecule has 1 atom stereocenters. The van der Waals surface area contributed by atoms with E-state index < -0.39 is 17.5 Å². The van der Waals surface area contributed by atoms with Crippen molar-refractivity contribution in [1.82, 2.24) is 0 Å². The minimum atomic E-state index is -1.84.